The monoisotopic (exact) mass is 452 g/mol. The SMILES string of the molecule is CO[CH-]/C=C/CBr.[U].[V]. The minimum Gasteiger partial charge on any atom is -0.445 e. The summed E-state index contributed by atoms with van der Waals surface area (Å²) in [4.78, 5) is 0. The van der Waals surface area contributed by atoms with Crippen LogP contribution in [0.15, 0.2) is 12.2 Å². The Morgan fingerprint density at radius 2 is 2.22 bits per heavy atom. The first kappa shape index (κ1) is 17.0. The molecule has 0 aliphatic heterocycles. The van der Waals surface area contributed by atoms with E-state index < -0.39 is 0 Å². The molecule has 0 aromatic heterocycles. The van der Waals surface area contributed by atoms with Gasteiger partial charge < -0.3 is 4.74 Å². The molecule has 0 amide bonds. The summed E-state index contributed by atoms with van der Waals surface area (Å²) in [6.07, 6.45) is 3.79. The first-order valence-corrected chi connectivity index (χ1v) is 3.11. The van der Waals surface area contributed by atoms with Gasteiger partial charge in [0.25, 0.3) is 0 Å². The fourth-order valence-corrected chi connectivity index (χ4v) is 0.401. The van der Waals surface area contributed by atoms with Gasteiger partial charge in [-0.3, -0.25) is 0 Å². The molecule has 51 valence electrons. The van der Waals surface area contributed by atoms with Crippen molar-refractivity contribution in [1.29, 1.82) is 0 Å². The van der Waals surface area contributed by atoms with Crippen LogP contribution in [0.5, 0.6) is 0 Å². The van der Waals surface area contributed by atoms with Gasteiger partial charge in [-0.2, -0.15) is 0 Å². The quantitative estimate of drug-likeness (QED) is 0.468. The first-order chi connectivity index (χ1) is 3.41. The van der Waals surface area contributed by atoms with Crippen LogP contribution in [0.25, 0.3) is 0 Å². The average molecular weight is 453 g/mol. The van der Waals surface area contributed by atoms with Crippen LogP contribution in [0.4, 0.5) is 0 Å². The zero-order valence-electron chi connectivity index (χ0n) is 5.17. The molecular formula is C5H8BrOUV-. The Kier molecular flexibility index (Phi) is 30.8. The van der Waals surface area contributed by atoms with Crippen molar-refractivity contribution in [3.63, 3.8) is 0 Å². The van der Waals surface area contributed by atoms with Crippen LogP contribution in [0.2, 0.25) is 0 Å². The molecule has 0 saturated carbocycles. The molecule has 0 aromatic carbocycles. The second-order valence-electron chi connectivity index (χ2n) is 0.954. The summed E-state index contributed by atoms with van der Waals surface area (Å²) >= 11 is 3.22. The van der Waals surface area contributed by atoms with Gasteiger partial charge in [-0.1, -0.05) is 0 Å². The van der Waals surface area contributed by atoms with E-state index in [4.69, 9.17) is 0 Å². The third kappa shape index (κ3) is 17.7. The van der Waals surface area contributed by atoms with Crippen LogP contribution >= 0.6 is 15.9 Å². The molecule has 0 atom stereocenters. The molecule has 1 nitrogen and oxygen atoms in total. The van der Waals surface area contributed by atoms with Gasteiger partial charge >= 0.3 is 0 Å². The standard InChI is InChI=1S/C5H8BrO.U.V/c1-7-5-3-2-4-6;;/h2-3,5H,4H2,1H3;;/q-1;;/b3-2+;;. The summed E-state index contributed by atoms with van der Waals surface area (Å²) < 4.78 is 4.61. The van der Waals surface area contributed by atoms with Crippen LogP contribution in [0.1, 0.15) is 0 Å². The van der Waals surface area contributed by atoms with E-state index in [0.717, 1.165) is 5.33 Å². The van der Waals surface area contributed by atoms with Crippen molar-refractivity contribution in [1.82, 2.24) is 0 Å². The number of methoxy groups -OCH3 is 1. The van der Waals surface area contributed by atoms with Gasteiger partial charge in [-0.25, -0.2) is 12.2 Å². The molecular weight excluding hydrogens is 445 g/mol. The summed E-state index contributed by atoms with van der Waals surface area (Å²) in [6, 6.07) is 0. The third-order valence-electron chi connectivity index (χ3n) is 0.440. The van der Waals surface area contributed by atoms with Gasteiger partial charge in [0.1, 0.15) is 0 Å². The third-order valence-corrected chi connectivity index (χ3v) is 0.814. The molecule has 0 saturated heterocycles. The Labute approximate surface area is 100 Å². The molecule has 0 rings (SSSR count). The summed E-state index contributed by atoms with van der Waals surface area (Å²) in [5, 5.41) is 0.882. The van der Waals surface area contributed by atoms with Gasteiger partial charge in [0, 0.05) is 56.8 Å². The van der Waals surface area contributed by atoms with E-state index in [2.05, 4.69) is 20.7 Å². The fourth-order valence-electron chi connectivity index (χ4n) is 0.186. The van der Waals surface area contributed by atoms with Crippen LogP contribution in [-0.2, 0) is 23.3 Å². The predicted octanol–water partition coefficient (Wildman–Crippen LogP) is 1.74. The summed E-state index contributed by atoms with van der Waals surface area (Å²) in [6.45, 7) is 1.63. The van der Waals surface area contributed by atoms with Crippen molar-refractivity contribution in [3.05, 3.63) is 18.8 Å². The number of allylic oxidation sites excluding steroid dienone is 1. The molecule has 0 aliphatic carbocycles. The number of rotatable bonds is 3. The Hall–Kier alpha value is 1.69. The number of ether oxygens (including phenoxy) is 1. The molecule has 0 aliphatic rings. The number of hydrogen-bond donors (Lipinski definition) is 0. The summed E-state index contributed by atoms with van der Waals surface area (Å²) in [5.41, 5.74) is 0. The smallest absolute Gasteiger partial charge is 0.0187 e. The van der Waals surface area contributed by atoms with E-state index >= 15 is 0 Å². The molecule has 0 N–H and O–H groups in total. The van der Waals surface area contributed by atoms with E-state index in [1.165, 1.54) is 0 Å². The van der Waals surface area contributed by atoms with E-state index in [0.29, 0.717) is 0 Å². The maximum Gasteiger partial charge on any atom is 0.0187 e. The Morgan fingerprint density at radius 3 is 2.56 bits per heavy atom. The zero-order valence-corrected chi connectivity index (χ0v) is 12.3. The van der Waals surface area contributed by atoms with E-state index in [1.54, 1.807) is 13.7 Å². The van der Waals surface area contributed by atoms with Gasteiger partial charge in [-0.15, -0.1) is 22.5 Å². The number of halogens is 1. The second kappa shape index (κ2) is 16.3. The topological polar surface area (TPSA) is 9.23 Å². The van der Waals surface area contributed by atoms with Crippen molar-refractivity contribution in [2.24, 2.45) is 0 Å². The van der Waals surface area contributed by atoms with Gasteiger partial charge in [0.05, 0.1) is 0 Å². The van der Waals surface area contributed by atoms with Crippen molar-refractivity contribution < 1.29 is 54.4 Å². The van der Waals surface area contributed by atoms with Gasteiger partial charge in [0.15, 0.2) is 0 Å². The molecule has 9 heavy (non-hydrogen) atoms. The van der Waals surface area contributed by atoms with Crippen LogP contribution < -0.4 is 0 Å². The Balaban J connectivity index is -0.000000180. The molecule has 4 heteroatoms. The van der Waals surface area contributed by atoms with Crippen LogP contribution in [0, 0.1) is 37.7 Å². The van der Waals surface area contributed by atoms with Gasteiger partial charge in [0.2, 0.25) is 0 Å². The minimum absolute atomic E-state index is 0. The Morgan fingerprint density at radius 1 is 1.67 bits per heavy atom. The molecule has 0 bridgehead atoms. The predicted molar refractivity (Wildman–Crippen MR) is 34.2 cm³/mol. The number of hydrogen-bond acceptors (Lipinski definition) is 1. The molecule has 1 radical (unpaired) electrons. The number of alkyl halides is 1. The summed E-state index contributed by atoms with van der Waals surface area (Å²) in [7, 11) is 1.62. The fraction of sp³-hybridized carbons (Fsp3) is 0.400. The minimum atomic E-state index is 0. The van der Waals surface area contributed by atoms with E-state index in [1.807, 2.05) is 12.2 Å². The largest absolute Gasteiger partial charge is 0.445 e. The first-order valence-electron chi connectivity index (χ1n) is 1.99. The normalized spacial score (nSPS) is 7.78. The second-order valence-corrected chi connectivity index (χ2v) is 1.60. The van der Waals surface area contributed by atoms with Gasteiger partial charge in [-0.05, 0) is 5.33 Å². The average Bonchev–Trinajstić information content (AvgIpc) is 1.69. The van der Waals surface area contributed by atoms with Crippen LogP contribution in [0.3, 0.4) is 0 Å². The van der Waals surface area contributed by atoms with E-state index in [-0.39, 0.29) is 49.7 Å². The van der Waals surface area contributed by atoms with Crippen molar-refractivity contribution in [2.45, 2.75) is 0 Å². The van der Waals surface area contributed by atoms with E-state index in [9.17, 15) is 0 Å². The van der Waals surface area contributed by atoms with Crippen molar-refractivity contribution >= 4 is 15.9 Å². The van der Waals surface area contributed by atoms with Crippen molar-refractivity contribution in [3.8, 4) is 0 Å². The summed E-state index contributed by atoms with van der Waals surface area (Å²) in [5.74, 6) is 0. The van der Waals surface area contributed by atoms with Crippen molar-refractivity contribution in [2.75, 3.05) is 12.4 Å². The molecule has 0 spiro atoms. The molecule has 0 aromatic rings. The maximum atomic E-state index is 4.61. The maximum absolute atomic E-state index is 4.61. The van der Waals surface area contributed by atoms with Crippen LogP contribution in [-0.4, -0.2) is 12.4 Å². The zero-order chi connectivity index (χ0) is 5.54. The molecule has 0 unspecified atom stereocenters. The molecule has 0 fully saturated rings. The Bertz CT molecular complexity index is 60.9. The molecule has 0 heterocycles.